The van der Waals surface area contributed by atoms with Crippen molar-refractivity contribution in [3.63, 3.8) is 0 Å². The van der Waals surface area contributed by atoms with Gasteiger partial charge in [0.2, 0.25) is 11.8 Å². The number of nitrogens with one attached hydrogen (secondary N) is 3. The molecule has 0 radical (unpaired) electrons. The minimum absolute atomic E-state index is 0.0333. The fourth-order valence-corrected chi connectivity index (χ4v) is 3.88. The van der Waals surface area contributed by atoms with Gasteiger partial charge < -0.3 is 4.98 Å². The molecule has 0 saturated heterocycles. The Bertz CT molecular complexity index is 923. The number of fused-ring (bicyclic) bond motifs is 1. The summed E-state index contributed by atoms with van der Waals surface area (Å²) in [5.74, 6) is 0.809. The van der Waals surface area contributed by atoms with Crippen LogP contribution in [0.2, 0.25) is 0 Å². The van der Waals surface area contributed by atoms with Crippen molar-refractivity contribution >= 4 is 46.4 Å². The van der Waals surface area contributed by atoms with Crippen molar-refractivity contribution in [3.8, 4) is 0 Å². The maximum Gasteiger partial charge on any atom is 0.248 e. The van der Waals surface area contributed by atoms with E-state index in [2.05, 4.69) is 20.8 Å². The maximum atomic E-state index is 12.0. The number of rotatable bonds is 7. The zero-order valence-corrected chi connectivity index (χ0v) is 17.3. The molecule has 0 bridgehead atoms. The third-order valence-electron chi connectivity index (χ3n) is 3.99. The summed E-state index contributed by atoms with van der Waals surface area (Å²) >= 11 is 2.88. The van der Waals surface area contributed by atoms with Crippen LogP contribution < -0.4 is 10.9 Å². The molecule has 0 saturated carbocycles. The van der Waals surface area contributed by atoms with E-state index in [1.165, 1.54) is 29.1 Å². The second kappa shape index (κ2) is 9.66. The van der Waals surface area contributed by atoms with Gasteiger partial charge in [-0.15, -0.1) is 23.5 Å². The highest BCUT2D eigenvalue weighted by molar-refractivity contribution is 8.00. The number of hydrazine groups is 1. The molecule has 0 aliphatic heterocycles. The fraction of sp³-hybridized carbons (Fsp3) is 0.250. The second-order valence-corrected chi connectivity index (χ2v) is 8.67. The van der Waals surface area contributed by atoms with E-state index in [1.807, 2.05) is 62.4 Å². The Labute approximate surface area is 172 Å². The average molecular weight is 415 g/mol. The molecule has 28 heavy (non-hydrogen) atoms. The van der Waals surface area contributed by atoms with Gasteiger partial charge in [0.15, 0.2) is 0 Å². The van der Waals surface area contributed by atoms with Crippen molar-refractivity contribution in [2.24, 2.45) is 0 Å². The number of aromatic amines is 1. The number of carbonyl (C=O) groups is 2. The molecule has 6 nitrogen and oxygen atoms in total. The lowest BCUT2D eigenvalue weighted by atomic mass is 10.2. The normalized spacial score (nSPS) is 11.9. The third kappa shape index (κ3) is 5.77. The fourth-order valence-electron chi connectivity index (χ4n) is 2.44. The zero-order valence-electron chi connectivity index (χ0n) is 15.7. The molecule has 0 spiro atoms. The Hall–Kier alpha value is -2.45. The van der Waals surface area contributed by atoms with Crippen LogP contribution in [-0.2, 0) is 9.59 Å². The number of carbonyl (C=O) groups excluding carboxylic acids is 2. The lowest BCUT2D eigenvalue weighted by Gasteiger charge is -2.10. The van der Waals surface area contributed by atoms with Gasteiger partial charge >= 0.3 is 0 Å². The molecule has 1 heterocycles. The van der Waals surface area contributed by atoms with E-state index < -0.39 is 0 Å². The number of benzene rings is 2. The van der Waals surface area contributed by atoms with Crippen LogP contribution in [0.25, 0.3) is 11.0 Å². The smallest absolute Gasteiger partial charge is 0.248 e. The zero-order chi connectivity index (χ0) is 19.9. The van der Waals surface area contributed by atoms with Crippen LogP contribution in [0.5, 0.6) is 0 Å². The van der Waals surface area contributed by atoms with Gasteiger partial charge in [0.1, 0.15) is 5.82 Å². The number of hydrogen-bond acceptors (Lipinski definition) is 5. The maximum absolute atomic E-state index is 12.0. The van der Waals surface area contributed by atoms with Crippen molar-refractivity contribution < 1.29 is 9.59 Å². The molecular weight excluding hydrogens is 392 g/mol. The van der Waals surface area contributed by atoms with Crippen LogP contribution in [-0.4, -0.2) is 33.3 Å². The van der Waals surface area contributed by atoms with Gasteiger partial charge in [-0.3, -0.25) is 20.4 Å². The first-order valence-electron chi connectivity index (χ1n) is 8.84. The molecule has 1 aromatic heterocycles. The van der Waals surface area contributed by atoms with Gasteiger partial charge in [-0.05, 0) is 38.1 Å². The average Bonchev–Trinajstić information content (AvgIpc) is 3.14. The Morgan fingerprint density at radius 2 is 1.71 bits per heavy atom. The lowest BCUT2D eigenvalue weighted by molar-refractivity contribution is -0.126. The summed E-state index contributed by atoms with van der Waals surface area (Å²) in [4.78, 5) is 32.7. The molecular formula is C20H22N4O2S2. The Morgan fingerprint density at radius 3 is 2.43 bits per heavy atom. The third-order valence-corrected chi connectivity index (χ3v) is 6.15. The highest BCUT2D eigenvalue weighted by Gasteiger charge is 2.13. The van der Waals surface area contributed by atoms with Crippen molar-refractivity contribution in [2.75, 3.05) is 11.5 Å². The number of H-pyrrole nitrogens is 1. The van der Waals surface area contributed by atoms with Crippen LogP contribution in [0.4, 0.5) is 0 Å². The van der Waals surface area contributed by atoms with Gasteiger partial charge in [-0.1, -0.05) is 29.8 Å². The number of aryl methyl sites for hydroxylation is 1. The molecule has 2 amide bonds. The summed E-state index contributed by atoms with van der Waals surface area (Å²) in [6.07, 6.45) is 0. The monoisotopic (exact) mass is 414 g/mol. The predicted octanol–water partition coefficient (Wildman–Crippen LogP) is 3.61. The molecule has 2 aromatic carbocycles. The molecule has 3 rings (SSSR count). The highest BCUT2D eigenvalue weighted by atomic mass is 32.2. The number of imidazole rings is 1. The number of para-hydroxylation sites is 2. The number of nitrogens with zero attached hydrogens (tertiary/aromatic N) is 1. The first-order valence-corrected chi connectivity index (χ1v) is 10.9. The van der Waals surface area contributed by atoms with Gasteiger partial charge in [0.05, 0.1) is 27.8 Å². The molecule has 0 aliphatic carbocycles. The van der Waals surface area contributed by atoms with E-state index in [9.17, 15) is 9.59 Å². The van der Waals surface area contributed by atoms with E-state index in [-0.39, 0.29) is 28.6 Å². The van der Waals surface area contributed by atoms with E-state index >= 15 is 0 Å². The van der Waals surface area contributed by atoms with Crippen LogP contribution in [0.15, 0.2) is 53.4 Å². The summed E-state index contributed by atoms with van der Waals surface area (Å²) < 4.78 is 0. The van der Waals surface area contributed by atoms with E-state index in [4.69, 9.17) is 0 Å². The predicted molar refractivity (Wildman–Crippen MR) is 115 cm³/mol. The van der Waals surface area contributed by atoms with Gasteiger partial charge in [0, 0.05) is 4.90 Å². The van der Waals surface area contributed by atoms with Crippen molar-refractivity contribution in [1.29, 1.82) is 0 Å². The molecule has 0 aliphatic rings. The SMILES string of the molecule is Cc1ccc(SCC(=O)NNC(=O)CS[C@H](C)c2nc3ccccc3[nH]2)cc1. The number of aromatic nitrogens is 2. The number of thioether (sulfide) groups is 2. The van der Waals surface area contributed by atoms with E-state index in [0.29, 0.717) is 0 Å². The van der Waals surface area contributed by atoms with Gasteiger partial charge in [-0.25, -0.2) is 4.98 Å². The molecule has 0 fully saturated rings. The quantitative estimate of drug-likeness (QED) is 0.406. The summed E-state index contributed by atoms with van der Waals surface area (Å²) in [5, 5.41) is 0.0333. The van der Waals surface area contributed by atoms with E-state index in [1.54, 1.807) is 0 Å². The molecule has 3 aromatic rings. The molecule has 3 N–H and O–H groups in total. The second-order valence-electron chi connectivity index (χ2n) is 6.29. The topological polar surface area (TPSA) is 86.9 Å². The van der Waals surface area contributed by atoms with Crippen molar-refractivity contribution in [3.05, 3.63) is 59.9 Å². The summed E-state index contributed by atoms with van der Waals surface area (Å²) in [6.45, 7) is 4.01. The Balaban J connectivity index is 1.37. The van der Waals surface area contributed by atoms with Crippen LogP contribution in [0.1, 0.15) is 23.6 Å². The molecule has 8 heteroatoms. The molecule has 146 valence electrons. The van der Waals surface area contributed by atoms with Crippen LogP contribution >= 0.6 is 23.5 Å². The standard InChI is InChI=1S/C20H22N4O2S2/c1-13-7-9-15(10-8-13)28-12-19(26)24-23-18(25)11-27-14(2)20-21-16-5-3-4-6-17(16)22-20/h3-10,14H,11-12H2,1-2H3,(H,21,22)(H,23,25)(H,24,26)/t14-/m1/s1. The number of amides is 2. The first-order chi connectivity index (χ1) is 13.5. The molecule has 0 unspecified atom stereocenters. The summed E-state index contributed by atoms with van der Waals surface area (Å²) in [5.41, 5.74) is 7.98. The van der Waals surface area contributed by atoms with Gasteiger partial charge in [0.25, 0.3) is 0 Å². The van der Waals surface area contributed by atoms with Crippen molar-refractivity contribution in [2.45, 2.75) is 24.0 Å². The Kier molecular flexibility index (Phi) is 7.00. The van der Waals surface area contributed by atoms with Gasteiger partial charge in [-0.2, -0.15) is 0 Å². The molecule has 1 atom stereocenters. The largest absolute Gasteiger partial charge is 0.341 e. The lowest BCUT2D eigenvalue weighted by Crippen LogP contribution is -2.43. The minimum Gasteiger partial charge on any atom is -0.341 e. The minimum atomic E-state index is -0.248. The number of hydrogen-bond donors (Lipinski definition) is 3. The Morgan fingerprint density at radius 1 is 1.04 bits per heavy atom. The van der Waals surface area contributed by atoms with Crippen LogP contribution in [0.3, 0.4) is 0 Å². The van der Waals surface area contributed by atoms with E-state index in [0.717, 1.165) is 21.8 Å². The summed E-state index contributed by atoms with van der Waals surface area (Å²) in [7, 11) is 0. The van der Waals surface area contributed by atoms with Crippen molar-refractivity contribution in [1.82, 2.24) is 20.8 Å². The first kappa shape index (κ1) is 20.3. The van der Waals surface area contributed by atoms with Crippen LogP contribution in [0, 0.1) is 6.92 Å². The highest BCUT2D eigenvalue weighted by Crippen LogP contribution is 2.27. The summed E-state index contributed by atoms with van der Waals surface area (Å²) in [6, 6.07) is 15.8.